The van der Waals surface area contributed by atoms with E-state index in [-0.39, 0.29) is 5.91 Å². The lowest BCUT2D eigenvalue weighted by Crippen LogP contribution is -2.50. The van der Waals surface area contributed by atoms with Gasteiger partial charge in [0.25, 0.3) is 5.22 Å². The van der Waals surface area contributed by atoms with Gasteiger partial charge in [0.15, 0.2) is 0 Å². The maximum atomic E-state index is 12.5. The van der Waals surface area contributed by atoms with Crippen LogP contribution < -0.4 is 5.32 Å². The monoisotopic (exact) mass is 390 g/mol. The van der Waals surface area contributed by atoms with E-state index in [1.807, 2.05) is 0 Å². The van der Waals surface area contributed by atoms with Gasteiger partial charge in [-0.1, -0.05) is 42.6 Å². The predicted molar refractivity (Wildman–Crippen MR) is 99.6 cm³/mol. The second-order valence-electron chi connectivity index (χ2n) is 6.38. The molecule has 1 saturated carbocycles. The molecule has 0 spiro atoms. The third kappa shape index (κ3) is 4.37. The van der Waals surface area contributed by atoms with Gasteiger partial charge in [-0.25, -0.2) is 0 Å². The number of halogens is 1. The van der Waals surface area contributed by atoms with E-state index >= 15 is 0 Å². The number of nitrogens with one attached hydrogen (secondary N) is 1. The number of nitriles is 1. The molecule has 1 unspecified atom stereocenters. The average Bonchev–Trinajstić information content (AvgIpc) is 3.11. The molecule has 1 aliphatic carbocycles. The van der Waals surface area contributed by atoms with Crippen LogP contribution in [0.1, 0.15) is 39.0 Å². The van der Waals surface area contributed by atoms with E-state index in [1.54, 1.807) is 31.2 Å². The third-order valence-electron chi connectivity index (χ3n) is 4.43. The quantitative estimate of drug-likeness (QED) is 0.768. The molecular formula is C18H19ClN4O2S. The fourth-order valence-electron chi connectivity index (χ4n) is 2.93. The largest absolute Gasteiger partial charge is 0.411 e. The second kappa shape index (κ2) is 8.11. The summed E-state index contributed by atoms with van der Waals surface area (Å²) in [6.45, 7) is 1.76. The summed E-state index contributed by atoms with van der Waals surface area (Å²) in [7, 11) is 0. The predicted octanol–water partition coefficient (Wildman–Crippen LogP) is 4.21. The topological polar surface area (TPSA) is 91.8 Å². The van der Waals surface area contributed by atoms with Crippen molar-refractivity contribution >= 4 is 29.3 Å². The molecule has 1 aliphatic rings. The molecule has 0 bridgehead atoms. The van der Waals surface area contributed by atoms with Crippen molar-refractivity contribution < 1.29 is 9.21 Å². The Balaban J connectivity index is 1.62. The summed E-state index contributed by atoms with van der Waals surface area (Å²) in [6, 6.07) is 9.37. The van der Waals surface area contributed by atoms with Gasteiger partial charge in [-0.05, 0) is 44.0 Å². The molecule has 6 nitrogen and oxygen atoms in total. The standard InChI is InChI=1S/C18H19ClN4O2S/c1-12(15(24)21-18(11-20)9-3-2-4-10-18)26-17-23-22-16(25-17)13-5-7-14(19)8-6-13/h5-8,12H,2-4,9-10H2,1H3,(H,21,24). The Labute approximate surface area is 161 Å². The summed E-state index contributed by atoms with van der Waals surface area (Å²) < 4.78 is 5.62. The Morgan fingerprint density at radius 2 is 2.00 bits per heavy atom. The Kier molecular flexibility index (Phi) is 5.84. The van der Waals surface area contributed by atoms with E-state index in [4.69, 9.17) is 16.0 Å². The highest BCUT2D eigenvalue weighted by Crippen LogP contribution is 2.30. The molecule has 1 fully saturated rings. The van der Waals surface area contributed by atoms with Gasteiger partial charge < -0.3 is 9.73 Å². The normalized spacial score (nSPS) is 17.3. The van der Waals surface area contributed by atoms with Gasteiger partial charge in [-0.2, -0.15) is 5.26 Å². The first-order valence-electron chi connectivity index (χ1n) is 8.51. The maximum absolute atomic E-state index is 12.5. The maximum Gasteiger partial charge on any atom is 0.277 e. The van der Waals surface area contributed by atoms with E-state index in [9.17, 15) is 10.1 Å². The molecule has 2 aromatic rings. The number of carbonyl (C=O) groups is 1. The van der Waals surface area contributed by atoms with Crippen LogP contribution in [0.4, 0.5) is 0 Å². The van der Waals surface area contributed by atoms with Crippen LogP contribution in [0, 0.1) is 11.3 Å². The van der Waals surface area contributed by atoms with Crippen molar-refractivity contribution in [2.24, 2.45) is 0 Å². The van der Waals surface area contributed by atoms with Gasteiger partial charge in [0, 0.05) is 10.6 Å². The van der Waals surface area contributed by atoms with E-state index < -0.39 is 10.8 Å². The molecular weight excluding hydrogens is 372 g/mol. The minimum atomic E-state index is -0.743. The first kappa shape index (κ1) is 18.7. The first-order chi connectivity index (χ1) is 12.5. The number of aromatic nitrogens is 2. The van der Waals surface area contributed by atoms with Crippen LogP contribution in [0.2, 0.25) is 5.02 Å². The molecule has 0 saturated heterocycles. The second-order valence-corrected chi connectivity index (χ2v) is 8.11. The van der Waals surface area contributed by atoms with Gasteiger partial charge in [0.2, 0.25) is 11.8 Å². The number of benzene rings is 1. The van der Waals surface area contributed by atoms with Crippen molar-refractivity contribution in [1.82, 2.24) is 15.5 Å². The van der Waals surface area contributed by atoms with Crippen molar-refractivity contribution in [2.45, 2.75) is 55.0 Å². The van der Waals surface area contributed by atoms with Gasteiger partial charge >= 0.3 is 0 Å². The summed E-state index contributed by atoms with van der Waals surface area (Å²) in [4.78, 5) is 12.5. The fraction of sp³-hybridized carbons (Fsp3) is 0.444. The third-order valence-corrected chi connectivity index (χ3v) is 5.61. The Bertz CT molecular complexity index is 809. The van der Waals surface area contributed by atoms with Crippen LogP contribution in [-0.2, 0) is 4.79 Å². The zero-order chi connectivity index (χ0) is 18.6. The molecule has 1 amide bonds. The Hall–Kier alpha value is -2.04. The van der Waals surface area contributed by atoms with Gasteiger partial charge in [0.05, 0.1) is 11.3 Å². The van der Waals surface area contributed by atoms with Gasteiger partial charge in [0.1, 0.15) is 5.54 Å². The van der Waals surface area contributed by atoms with E-state index in [0.717, 1.165) is 24.8 Å². The number of hydrogen-bond acceptors (Lipinski definition) is 6. The number of thioether (sulfide) groups is 1. The summed E-state index contributed by atoms with van der Waals surface area (Å²) in [5.41, 5.74) is 0.0180. The molecule has 0 radical (unpaired) electrons. The van der Waals surface area contributed by atoms with Crippen molar-refractivity contribution in [3.63, 3.8) is 0 Å². The highest BCUT2D eigenvalue weighted by atomic mass is 35.5. The first-order valence-corrected chi connectivity index (χ1v) is 9.76. The number of amides is 1. The highest BCUT2D eigenvalue weighted by Gasteiger charge is 2.35. The van der Waals surface area contributed by atoms with Crippen molar-refractivity contribution in [1.29, 1.82) is 5.26 Å². The van der Waals surface area contributed by atoms with Crippen LogP contribution in [0.3, 0.4) is 0 Å². The fourth-order valence-corrected chi connectivity index (χ4v) is 3.74. The number of hydrogen-bond donors (Lipinski definition) is 1. The number of rotatable bonds is 5. The van der Waals surface area contributed by atoms with Crippen LogP contribution in [-0.4, -0.2) is 26.9 Å². The molecule has 136 valence electrons. The lowest BCUT2D eigenvalue weighted by molar-refractivity contribution is -0.122. The van der Waals surface area contributed by atoms with E-state index in [0.29, 0.717) is 29.0 Å². The number of carbonyl (C=O) groups excluding carboxylic acids is 1. The molecule has 1 atom stereocenters. The van der Waals surface area contributed by atoms with Crippen LogP contribution in [0.15, 0.2) is 33.9 Å². The van der Waals surface area contributed by atoms with Gasteiger partial charge in [-0.15, -0.1) is 10.2 Å². The van der Waals surface area contributed by atoms with Crippen LogP contribution >= 0.6 is 23.4 Å². The Morgan fingerprint density at radius 3 is 2.65 bits per heavy atom. The lowest BCUT2D eigenvalue weighted by Gasteiger charge is -2.32. The van der Waals surface area contributed by atoms with Crippen molar-refractivity contribution in [3.8, 4) is 17.5 Å². The highest BCUT2D eigenvalue weighted by molar-refractivity contribution is 8.00. The average molecular weight is 391 g/mol. The molecule has 1 N–H and O–H groups in total. The van der Waals surface area contributed by atoms with Gasteiger partial charge in [-0.3, -0.25) is 4.79 Å². The molecule has 0 aliphatic heterocycles. The summed E-state index contributed by atoms with van der Waals surface area (Å²) in [5, 5.41) is 20.9. The molecule has 1 aromatic carbocycles. The molecule has 8 heteroatoms. The van der Waals surface area contributed by atoms with E-state index in [1.165, 1.54) is 11.8 Å². The smallest absolute Gasteiger partial charge is 0.277 e. The molecule has 3 rings (SSSR count). The van der Waals surface area contributed by atoms with E-state index in [2.05, 4.69) is 21.6 Å². The van der Waals surface area contributed by atoms with Crippen LogP contribution in [0.25, 0.3) is 11.5 Å². The lowest BCUT2D eigenvalue weighted by atomic mass is 9.83. The molecule has 1 aromatic heterocycles. The Morgan fingerprint density at radius 1 is 1.31 bits per heavy atom. The summed E-state index contributed by atoms with van der Waals surface area (Å²) in [5.74, 6) is 0.183. The van der Waals surface area contributed by atoms with Crippen LogP contribution in [0.5, 0.6) is 0 Å². The SMILES string of the molecule is CC(Sc1nnc(-c2ccc(Cl)cc2)o1)C(=O)NC1(C#N)CCCCC1. The number of nitrogens with zero attached hydrogens (tertiary/aromatic N) is 3. The minimum absolute atomic E-state index is 0.190. The zero-order valence-corrected chi connectivity index (χ0v) is 15.9. The molecule has 1 heterocycles. The van der Waals surface area contributed by atoms with Crippen molar-refractivity contribution in [3.05, 3.63) is 29.3 Å². The minimum Gasteiger partial charge on any atom is -0.411 e. The molecule has 26 heavy (non-hydrogen) atoms. The van der Waals surface area contributed by atoms with Crippen molar-refractivity contribution in [2.75, 3.05) is 0 Å². The summed E-state index contributed by atoms with van der Waals surface area (Å²) in [6.07, 6.45) is 4.44. The summed E-state index contributed by atoms with van der Waals surface area (Å²) >= 11 is 7.05. The zero-order valence-electron chi connectivity index (χ0n) is 14.4.